The first-order valence-electron chi connectivity index (χ1n) is 6.54. The third-order valence-corrected chi connectivity index (χ3v) is 7.82. The Balaban J connectivity index is 2.06. The van der Waals surface area contributed by atoms with Crippen molar-refractivity contribution in [1.29, 1.82) is 0 Å². The van der Waals surface area contributed by atoms with Gasteiger partial charge >= 0.3 is 0 Å². The molecule has 0 unspecified atom stereocenters. The van der Waals surface area contributed by atoms with E-state index in [-0.39, 0.29) is 15.6 Å². The van der Waals surface area contributed by atoms with Crippen LogP contribution >= 0.6 is 11.3 Å². The summed E-state index contributed by atoms with van der Waals surface area (Å²) in [5.41, 5.74) is 0.376. The van der Waals surface area contributed by atoms with Crippen LogP contribution in [0.25, 0.3) is 0 Å². The minimum absolute atomic E-state index is 0.0529. The van der Waals surface area contributed by atoms with Gasteiger partial charge in [-0.25, -0.2) is 30.9 Å². The molecular formula is C13H15FN2O4S3. The Hall–Kier alpha value is -1.36. The number of nitrogens with one attached hydrogen (secondary N) is 1. The van der Waals surface area contributed by atoms with Crippen LogP contribution in [0.1, 0.15) is 10.7 Å². The molecule has 0 aliphatic carbocycles. The van der Waals surface area contributed by atoms with Crippen LogP contribution in [0.3, 0.4) is 0 Å². The second-order valence-corrected chi connectivity index (χ2v) is 10.1. The van der Waals surface area contributed by atoms with Crippen molar-refractivity contribution in [2.45, 2.75) is 23.0 Å². The van der Waals surface area contributed by atoms with Gasteiger partial charge in [0.05, 0.1) is 21.3 Å². The van der Waals surface area contributed by atoms with Crippen LogP contribution in [0, 0.1) is 19.7 Å². The van der Waals surface area contributed by atoms with Crippen LogP contribution in [0.2, 0.25) is 0 Å². The highest BCUT2D eigenvalue weighted by Gasteiger charge is 2.22. The van der Waals surface area contributed by atoms with Crippen LogP contribution in [0.15, 0.2) is 33.4 Å². The minimum Gasteiger partial charge on any atom is -0.245 e. The zero-order chi connectivity index (χ0) is 17.3. The molecule has 0 fully saturated rings. The van der Waals surface area contributed by atoms with E-state index in [0.717, 1.165) is 35.6 Å². The van der Waals surface area contributed by atoms with Gasteiger partial charge in [-0.15, -0.1) is 11.3 Å². The lowest BCUT2D eigenvalue weighted by Gasteiger charge is -2.07. The van der Waals surface area contributed by atoms with E-state index in [4.69, 9.17) is 0 Å². The van der Waals surface area contributed by atoms with Crippen molar-refractivity contribution in [3.8, 4) is 0 Å². The molecule has 0 bridgehead atoms. The van der Waals surface area contributed by atoms with E-state index in [0.29, 0.717) is 10.7 Å². The molecule has 0 aliphatic rings. The number of hydrogen-bond acceptors (Lipinski definition) is 6. The number of aryl methyl sites for hydroxylation is 2. The number of hydrogen-bond donors (Lipinski definition) is 1. The number of aromatic nitrogens is 1. The molecule has 10 heteroatoms. The monoisotopic (exact) mass is 378 g/mol. The standard InChI is InChI=1S/C13H15FN2O4S3/c1-9-13(21-10(2)16-9)23(19,20)15-7-8-22(17,18)12-5-3-11(14)4-6-12/h3-6,15H,7-8H2,1-2H3. The zero-order valence-corrected chi connectivity index (χ0v) is 14.9. The average Bonchev–Trinajstić information content (AvgIpc) is 2.78. The normalized spacial score (nSPS) is 12.5. The SMILES string of the molecule is Cc1nc(C)c(S(=O)(=O)NCCS(=O)(=O)c2ccc(F)cc2)s1. The van der Waals surface area contributed by atoms with Gasteiger partial charge in [0.1, 0.15) is 5.82 Å². The molecule has 1 aromatic carbocycles. The quantitative estimate of drug-likeness (QED) is 0.772. The summed E-state index contributed by atoms with van der Waals surface area (Å²) in [4.78, 5) is 3.98. The Labute approximate surface area is 138 Å². The highest BCUT2D eigenvalue weighted by molar-refractivity contribution is 7.92. The first-order valence-corrected chi connectivity index (χ1v) is 10.5. The predicted molar refractivity (Wildman–Crippen MR) is 85.2 cm³/mol. The molecule has 6 nitrogen and oxygen atoms in total. The summed E-state index contributed by atoms with van der Waals surface area (Å²) in [6.45, 7) is 2.99. The summed E-state index contributed by atoms with van der Waals surface area (Å²) >= 11 is 1.02. The van der Waals surface area contributed by atoms with Gasteiger partial charge in [0.15, 0.2) is 14.0 Å². The number of sulfonamides is 1. The second kappa shape index (κ2) is 6.63. The van der Waals surface area contributed by atoms with E-state index in [1.807, 2.05) is 0 Å². The maximum absolute atomic E-state index is 12.8. The van der Waals surface area contributed by atoms with E-state index in [1.165, 1.54) is 0 Å². The second-order valence-electron chi connectivity index (χ2n) is 4.78. The molecule has 1 heterocycles. The third kappa shape index (κ3) is 4.34. The molecule has 0 saturated heterocycles. The lowest BCUT2D eigenvalue weighted by atomic mass is 10.4. The lowest BCUT2D eigenvalue weighted by Crippen LogP contribution is -2.29. The molecule has 0 saturated carbocycles. The molecule has 0 aliphatic heterocycles. The number of rotatable bonds is 6. The maximum atomic E-state index is 12.8. The fraction of sp³-hybridized carbons (Fsp3) is 0.308. The molecule has 0 spiro atoms. The zero-order valence-electron chi connectivity index (χ0n) is 12.4. The van der Waals surface area contributed by atoms with Crippen LogP contribution in [-0.2, 0) is 19.9 Å². The third-order valence-electron chi connectivity index (χ3n) is 2.94. The average molecular weight is 378 g/mol. The van der Waals surface area contributed by atoms with Gasteiger partial charge in [-0.3, -0.25) is 0 Å². The van der Waals surface area contributed by atoms with E-state index < -0.39 is 31.4 Å². The van der Waals surface area contributed by atoms with E-state index in [9.17, 15) is 21.2 Å². The molecule has 23 heavy (non-hydrogen) atoms. The van der Waals surface area contributed by atoms with Crippen molar-refractivity contribution in [2.75, 3.05) is 12.3 Å². The van der Waals surface area contributed by atoms with Crippen molar-refractivity contribution in [2.24, 2.45) is 0 Å². The van der Waals surface area contributed by atoms with Crippen molar-refractivity contribution in [3.63, 3.8) is 0 Å². The fourth-order valence-electron chi connectivity index (χ4n) is 1.90. The van der Waals surface area contributed by atoms with Gasteiger partial charge in [-0.1, -0.05) is 0 Å². The number of thiazole rings is 1. The largest absolute Gasteiger partial charge is 0.251 e. The fourth-order valence-corrected chi connectivity index (χ4v) is 5.74. The van der Waals surface area contributed by atoms with Crippen LogP contribution < -0.4 is 4.72 Å². The first-order chi connectivity index (χ1) is 10.6. The molecule has 126 valence electrons. The van der Waals surface area contributed by atoms with Crippen molar-refractivity contribution < 1.29 is 21.2 Å². The summed E-state index contributed by atoms with van der Waals surface area (Å²) in [6.07, 6.45) is 0. The molecule has 1 N–H and O–H groups in total. The maximum Gasteiger partial charge on any atom is 0.251 e. The molecule has 2 aromatic rings. The van der Waals surface area contributed by atoms with Gasteiger partial charge in [0, 0.05) is 6.54 Å². The number of nitrogens with zero attached hydrogens (tertiary/aromatic N) is 1. The van der Waals surface area contributed by atoms with Gasteiger partial charge in [0.25, 0.3) is 10.0 Å². The lowest BCUT2D eigenvalue weighted by molar-refractivity contribution is 0.582. The number of sulfone groups is 1. The summed E-state index contributed by atoms with van der Waals surface area (Å²) in [5, 5.41) is 0.613. The number of benzene rings is 1. The van der Waals surface area contributed by atoms with Gasteiger partial charge in [0.2, 0.25) is 0 Å². The Bertz CT molecular complexity index is 903. The van der Waals surface area contributed by atoms with Crippen LogP contribution in [0.5, 0.6) is 0 Å². The Morgan fingerprint density at radius 3 is 2.26 bits per heavy atom. The Morgan fingerprint density at radius 1 is 1.13 bits per heavy atom. The van der Waals surface area contributed by atoms with E-state index in [2.05, 4.69) is 9.71 Å². The summed E-state index contributed by atoms with van der Waals surface area (Å²) in [7, 11) is -7.49. The minimum atomic E-state index is -3.80. The molecule has 1 aromatic heterocycles. The topological polar surface area (TPSA) is 93.2 Å². The van der Waals surface area contributed by atoms with Gasteiger partial charge in [-0.2, -0.15) is 0 Å². The molecule has 2 rings (SSSR count). The van der Waals surface area contributed by atoms with E-state index in [1.54, 1.807) is 13.8 Å². The van der Waals surface area contributed by atoms with Crippen LogP contribution in [-0.4, -0.2) is 34.1 Å². The van der Waals surface area contributed by atoms with E-state index >= 15 is 0 Å². The Kier molecular flexibility index (Phi) is 5.19. The molecule has 0 atom stereocenters. The van der Waals surface area contributed by atoms with Crippen LogP contribution in [0.4, 0.5) is 4.39 Å². The molecule has 0 amide bonds. The smallest absolute Gasteiger partial charge is 0.245 e. The van der Waals surface area contributed by atoms with Crippen molar-refractivity contribution in [3.05, 3.63) is 40.8 Å². The Morgan fingerprint density at radius 2 is 1.74 bits per heavy atom. The van der Waals surface area contributed by atoms with Gasteiger partial charge in [-0.05, 0) is 38.1 Å². The molecular weight excluding hydrogens is 363 g/mol. The summed E-state index contributed by atoms with van der Waals surface area (Å²) < 4.78 is 63.6. The first kappa shape index (κ1) is 18.0. The highest BCUT2D eigenvalue weighted by atomic mass is 32.2. The van der Waals surface area contributed by atoms with Crippen molar-refractivity contribution in [1.82, 2.24) is 9.71 Å². The van der Waals surface area contributed by atoms with Crippen molar-refractivity contribution >= 4 is 31.2 Å². The summed E-state index contributed by atoms with van der Waals surface area (Å²) in [5.74, 6) is -0.963. The summed E-state index contributed by atoms with van der Waals surface area (Å²) in [6, 6.07) is 4.38. The highest BCUT2D eigenvalue weighted by Crippen LogP contribution is 2.22. The number of halogens is 1. The van der Waals surface area contributed by atoms with Gasteiger partial charge < -0.3 is 0 Å². The predicted octanol–water partition coefficient (Wildman–Crippen LogP) is 1.65. The molecule has 0 radical (unpaired) electrons.